The van der Waals surface area contributed by atoms with E-state index in [0.29, 0.717) is 0 Å². The van der Waals surface area contributed by atoms with E-state index < -0.39 is 5.97 Å². The Morgan fingerprint density at radius 2 is 2.00 bits per heavy atom. The molecule has 0 aliphatic rings. The molecule has 1 N–H and O–H groups in total. The van der Waals surface area contributed by atoms with E-state index in [0.717, 1.165) is 0 Å². The molecule has 11 heavy (non-hydrogen) atoms. The molecular weight excluding hydrogens is 247 g/mol. The van der Waals surface area contributed by atoms with Crippen LogP contribution in [0, 0.1) is 0 Å². The van der Waals surface area contributed by atoms with Crippen molar-refractivity contribution in [2.45, 2.75) is 31.1 Å². The molecule has 0 unspecified atom stereocenters. The van der Waals surface area contributed by atoms with Gasteiger partial charge in [-0.25, -0.2) is 4.79 Å². The van der Waals surface area contributed by atoms with Gasteiger partial charge in [0.1, 0.15) is 0 Å². The predicted octanol–water partition coefficient (Wildman–Crippen LogP) is 2.02. The molecule has 0 saturated heterocycles. The number of hydrogen-bond donors (Lipinski definition) is 1. The molecule has 0 rings (SSSR count). The molecule has 3 radical (unpaired) electrons. The van der Waals surface area contributed by atoms with Crippen LogP contribution in [0.5, 0.6) is 0 Å². The Morgan fingerprint density at radius 1 is 1.64 bits per heavy atom. The molecule has 0 aromatic heterocycles. The van der Waals surface area contributed by atoms with Gasteiger partial charge < -0.3 is 5.11 Å². The van der Waals surface area contributed by atoms with Gasteiger partial charge in [-0.1, -0.05) is 6.58 Å². The van der Waals surface area contributed by atoms with Crippen molar-refractivity contribution in [1.82, 2.24) is 0 Å². The van der Waals surface area contributed by atoms with Crippen LogP contribution in [0.25, 0.3) is 0 Å². The first kappa shape index (κ1) is 13.6. The van der Waals surface area contributed by atoms with E-state index >= 15 is 0 Å². The van der Waals surface area contributed by atoms with Gasteiger partial charge in [0.2, 0.25) is 0 Å². The van der Waals surface area contributed by atoms with Crippen molar-refractivity contribution >= 4 is 28.5 Å². The van der Waals surface area contributed by atoms with Crippen LogP contribution in [0.1, 0.15) is 26.7 Å². The van der Waals surface area contributed by atoms with E-state index in [1.165, 1.54) is 24.2 Å². The molecular formula is C8H15O2Sn. The maximum atomic E-state index is 9.60. The normalized spacial score (nSPS) is 7.91. The molecule has 0 fully saturated rings. The molecule has 0 spiro atoms. The number of rotatable bonds is 3. The zero-order chi connectivity index (χ0) is 9.28. The minimum absolute atomic E-state index is 0.176. The van der Waals surface area contributed by atoms with E-state index in [2.05, 4.69) is 13.5 Å². The Balaban J connectivity index is 0. The second-order valence-electron chi connectivity index (χ2n) is 2.19. The Morgan fingerprint density at radius 3 is 2.00 bits per heavy atom. The molecule has 0 aliphatic heterocycles. The first-order valence-electron chi connectivity index (χ1n) is 3.59. The average Bonchev–Trinajstić information content (AvgIpc) is 1.90. The number of carbonyl (C=O) groups is 1. The zero-order valence-corrected chi connectivity index (χ0v) is 10.0. The van der Waals surface area contributed by atoms with E-state index in [1.54, 1.807) is 22.5 Å². The van der Waals surface area contributed by atoms with Crippen molar-refractivity contribution in [3.63, 3.8) is 0 Å². The van der Waals surface area contributed by atoms with E-state index in [9.17, 15) is 4.79 Å². The third-order valence-corrected chi connectivity index (χ3v) is 1.90. The molecule has 0 aliphatic carbocycles. The number of carboxylic acid groups (broad SMARTS) is 1. The molecule has 0 atom stereocenters. The van der Waals surface area contributed by atoms with Gasteiger partial charge in [-0.3, -0.25) is 0 Å². The number of carboxylic acids is 1. The van der Waals surface area contributed by atoms with Crippen LogP contribution in [-0.4, -0.2) is 33.6 Å². The molecule has 2 nitrogen and oxygen atoms in total. The summed E-state index contributed by atoms with van der Waals surface area (Å²) in [5.74, 6) is -0.935. The van der Waals surface area contributed by atoms with Crippen molar-refractivity contribution in [3.8, 4) is 0 Å². The molecule has 0 heterocycles. The minimum atomic E-state index is -0.935. The maximum absolute atomic E-state index is 9.60. The molecule has 0 aromatic carbocycles. The van der Waals surface area contributed by atoms with Crippen molar-refractivity contribution in [3.05, 3.63) is 12.2 Å². The molecule has 3 heteroatoms. The van der Waals surface area contributed by atoms with Gasteiger partial charge >= 0.3 is 52.7 Å². The summed E-state index contributed by atoms with van der Waals surface area (Å²) in [6.45, 7) is 6.83. The summed E-state index contributed by atoms with van der Waals surface area (Å²) in [4.78, 5) is 9.60. The monoisotopic (exact) mass is 263 g/mol. The van der Waals surface area contributed by atoms with Gasteiger partial charge in [0.15, 0.2) is 0 Å². The topological polar surface area (TPSA) is 37.3 Å². The average molecular weight is 262 g/mol. The summed E-state index contributed by atoms with van der Waals surface area (Å²) < 4.78 is 1.43. The Labute approximate surface area is 81.8 Å². The van der Waals surface area contributed by atoms with Crippen molar-refractivity contribution in [1.29, 1.82) is 0 Å². The van der Waals surface area contributed by atoms with Crippen molar-refractivity contribution in [2.24, 2.45) is 0 Å². The van der Waals surface area contributed by atoms with E-state index in [1.807, 2.05) is 0 Å². The Kier molecular flexibility index (Phi) is 12.4. The summed E-state index contributed by atoms with van der Waals surface area (Å²) in [6, 6.07) is 0. The Hall–Kier alpha value is 0.00870. The van der Waals surface area contributed by atoms with Crippen LogP contribution in [0.3, 0.4) is 0 Å². The summed E-state index contributed by atoms with van der Waals surface area (Å²) in [6.07, 6.45) is 2.80. The Bertz CT molecular complexity index is 107. The summed E-state index contributed by atoms with van der Waals surface area (Å²) in [7, 11) is 0. The van der Waals surface area contributed by atoms with Gasteiger partial charge in [-0.2, -0.15) is 0 Å². The summed E-state index contributed by atoms with van der Waals surface area (Å²) in [5, 5.41) is 7.89. The third-order valence-electron chi connectivity index (χ3n) is 0.895. The summed E-state index contributed by atoms with van der Waals surface area (Å²) in [5.41, 5.74) is 0.176. The van der Waals surface area contributed by atoms with Crippen LogP contribution < -0.4 is 0 Å². The van der Waals surface area contributed by atoms with Gasteiger partial charge in [0.25, 0.3) is 0 Å². The SMILES string of the molecule is C=C(C)C(=O)O.CCC[CH2][Sn]. The number of aliphatic carboxylic acids is 1. The zero-order valence-electron chi connectivity index (χ0n) is 7.18. The molecule has 0 saturated carbocycles. The van der Waals surface area contributed by atoms with Crippen LogP contribution in [0.2, 0.25) is 4.44 Å². The van der Waals surface area contributed by atoms with Crippen molar-refractivity contribution in [2.75, 3.05) is 0 Å². The standard InChI is InChI=1S/C4H6O2.C4H9.Sn/c1-3(2)4(5)6;1-3-4-2;/h1H2,2H3,(H,5,6);1,3-4H2,2H3;. The molecule has 0 aromatic rings. The first-order chi connectivity index (χ1) is 5.06. The number of hydrogen-bond acceptors (Lipinski definition) is 1. The fourth-order valence-electron chi connectivity index (χ4n) is 0.177. The van der Waals surface area contributed by atoms with Crippen LogP contribution in [-0.2, 0) is 4.79 Å². The van der Waals surface area contributed by atoms with Gasteiger partial charge in [0.05, 0.1) is 0 Å². The molecule has 0 amide bonds. The van der Waals surface area contributed by atoms with E-state index in [4.69, 9.17) is 5.11 Å². The molecule has 63 valence electrons. The second-order valence-corrected chi connectivity index (χ2v) is 3.62. The fourth-order valence-corrected chi connectivity index (χ4v) is 1.19. The van der Waals surface area contributed by atoms with Crippen LogP contribution >= 0.6 is 0 Å². The van der Waals surface area contributed by atoms with E-state index in [-0.39, 0.29) is 5.57 Å². The second kappa shape index (κ2) is 10.0. The molecule has 0 bridgehead atoms. The van der Waals surface area contributed by atoms with Gasteiger partial charge in [0, 0.05) is 5.57 Å². The third kappa shape index (κ3) is 17.8. The number of unbranched alkanes of at least 4 members (excludes halogenated alkanes) is 1. The van der Waals surface area contributed by atoms with Crippen LogP contribution in [0.15, 0.2) is 12.2 Å². The van der Waals surface area contributed by atoms with Crippen molar-refractivity contribution < 1.29 is 9.90 Å². The fraction of sp³-hybridized carbons (Fsp3) is 0.625. The first-order valence-corrected chi connectivity index (χ1v) is 5.61. The van der Waals surface area contributed by atoms with Gasteiger partial charge in [-0.05, 0) is 6.92 Å². The van der Waals surface area contributed by atoms with Gasteiger partial charge in [-0.15, -0.1) is 0 Å². The predicted molar refractivity (Wildman–Crippen MR) is 47.9 cm³/mol. The summed E-state index contributed by atoms with van der Waals surface area (Å²) >= 11 is 1.68. The quantitative estimate of drug-likeness (QED) is 0.624. The van der Waals surface area contributed by atoms with Crippen LogP contribution in [0.4, 0.5) is 0 Å².